The molecule has 4 atom stereocenters. The summed E-state index contributed by atoms with van der Waals surface area (Å²) in [7, 11) is 1.83. The van der Waals surface area contributed by atoms with Crippen molar-refractivity contribution in [2.45, 2.75) is 64.7 Å². The molecule has 2 saturated carbocycles. The topological polar surface area (TPSA) is 9.23 Å². The summed E-state index contributed by atoms with van der Waals surface area (Å²) >= 11 is 0. The predicted molar refractivity (Wildman–Crippen MR) is 82.2 cm³/mol. The molecule has 110 valence electrons. The number of methoxy groups -OCH3 is 1. The normalized spacial score (nSPS) is 35.5. The van der Waals surface area contributed by atoms with E-state index < -0.39 is 0 Å². The highest BCUT2D eigenvalue weighted by atomic mass is 16.5. The summed E-state index contributed by atoms with van der Waals surface area (Å²) in [6.45, 7) is 3.10. The molecule has 19 heavy (non-hydrogen) atoms. The van der Waals surface area contributed by atoms with Crippen LogP contribution in [-0.2, 0) is 4.74 Å². The van der Waals surface area contributed by atoms with E-state index in [1.807, 2.05) is 7.11 Å². The van der Waals surface area contributed by atoms with Crippen LogP contribution in [0.15, 0.2) is 12.2 Å². The molecule has 0 heterocycles. The van der Waals surface area contributed by atoms with E-state index in [4.69, 9.17) is 4.74 Å². The van der Waals surface area contributed by atoms with Crippen LogP contribution >= 0.6 is 0 Å². The van der Waals surface area contributed by atoms with Gasteiger partial charge in [0.05, 0.1) is 0 Å². The Morgan fingerprint density at radius 3 is 2.16 bits per heavy atom. The highest BCUT2D eigenvalue weighted by Crippen LogP contribution is 2.46. The molecule has 1 heteroatoms. The van der Waals surface area contributed by atoms with Gasteiger partial charge in [0.2, 0.25) is 0 Å². The van der Waals surface area contributed by atoms with Crippen LogP contribution in [0.25, 0.3) is 0 Å². The van der Waals surface area contributed by atoms with E-state index in [0.29, 0.717) is 0 Å². The lowest BCUT2D eigenvalue weighted by molar-refractivity contribution is 0.0790. The molecule has 2 aliphatic rings. The first-order valence-electron chi connectivity index (χ1n) is 8.43. The van der Waals surface area contributed by atoms with Gasteiger partial charge in [-0.05, 0) is 75.5 Å². The average Bonchev–Trinajstić information content (AvgIpc) is 2.45. The number of allylic oxidation sites excluding steroid dienone is 2. The molecule has 0 spiro atoms. The molecule has 0 saturated heterocycles. The lowest BCUT2D eigenvalue weighted by Gasteiger charge is -2.42. The second-order valence-electron chi connectivity index (χ2n) is 6.81. The van der Waals surface area contributed by atoms with Crippen LogP contribution in [0.2, 0.25) is 0 Å². The van der Waals surface area contributed by atoms with Crippen molar-refractivity contribution < 1.29 is 4.74 Å². The zero-order chi connectivity index (χ0) is 13.5. The summed E-state index contributed by atoms with van der Waals surface area (Å²) in [5.74, 6) is 4.09. The molecular formula is C18H32O. The highest BCUT2D eigenvalue weighted by molar-refractivity contribution is 4.87. The van der Waals surface area contributed by atoms with E-state index in [1.165, 1.54) is 57.8 Å². The molecule has 4 unspecified atom stereocenters. The van der Waals surface area contributed by atoms with Crippen LogP contribution in [0.3, 0.4) is 0 Å². The lowest BCUT2D eigenvalue weighted by atomic mass is 9.64. The fraction of sp³-hybridized carbons (Fsp3) is 0.889. The van der Waals surface area contributed by atoms with Gasteiger partial charge >= 0.3 is 0 Å². The second-order valence-corrected chi connectivity index (χ2v) is 6.81. The van der Waals surface area contributed by atoms with E-state index in [-0.39, 0.29) is 0 Å². The van der Waals surface area contributed by atoms with E-state index >= 15 is 0 Å². The Kier molecular flexibility index (Phi) is 6.43. The van der Waals surface area contributed by atoms with Crippen molar-refractivity contribution >= 4 is 0 Å². The maximum atomic E-state index is 5.25. The van der Waals surface area contributed by atoms with E-state index in [1.54, 1.807) is 0 Å². The minimum atomic E-state index is 0.959. The molecule has 0 aromatic heterocycles. The number of fused-ring (bicyclic) bond motifs is 1. The quantitative estimate of drug-likeness (QED) is 0.598. The first-order chi connectivity index (χ1) is 9.33. The van der Waals surface area contributed by atoms with Crippen LogP contribution in [0.4, 0.5) is 0 Å². The summed E-state index contributed by atoms with van der Waals surface area (Å²) in [5, 5.41) is 0. The minimum Gasteiger partial charge on any atom is -0.385 e. The molecule has 2 aliphatic carbocycles. The lowest BCUT2D eigenvalue weighted by Crippen LogP contribution is -2.31. The molecule has 2 fully saturated rings. The van der Waals surface area contributed by atoms with Gasteiger partial charge in [0, 0.05) is 13.7 Å². The largest absolute Gasteiger partial charge is 0.385 e. The van der Waals surface area contributed by atoms with Gasteiger partial charge in [0.1, 0.15) is 0 Å². The predicted octanol–water partition coefficient (Wildman–Crippen LogP) is 5.21. The maximum absolute atomic E-state index is 5.25. The molecule has 0 bridgehead atoms. The number of rotatable bonds is 6. The van der Waals surface area contributed by atoms with Crippen LogP contribution in [0.1, 0.15) is 64.7 Å². The summed E-state index contributed by atoms with van der Waals surface area (Å²) in [6.07, 6.45) is 17.6. The fourth-order valence-electron chi connectivity index (χ4n) is 4.39. The minimum absolute atomic E-state index is 0.959. The summed E-state index contributed by atoms with van der Waals surface area (Å²) in [5.41, 5.74) is 0. The van der Waals surface area contributed by atoms with Crippen molar-refractivity contribution in [3.8, 4) is 0 Å². The maximum Gasteiger partial charge on any atom is 0.0464 e. The molecule has 0 aromatic carbocycles. The van der Waals surface area contributed by atoms with Crippen molar-refractivity contribution in [3.05, 3.63) is 12.2 Å². The third kappa shape index (κ3) is 4.63. The zero-order valence-corrected chi connectivity index (χ0v) is 12.9. The SMILES string of the molecule is C/C=C/CCC1CCC2CC(CCOC)CCC2C1. The molecule has 0 aliphatic heterocycles. The standard InChI is InChI=1S/C18H32O/c1-3-4-5-6-15-7-9-18-14-16(11-12-19-2)8-10-17(18)13-15/h3-4,15-18H,5-14H2,1-2H3/b4-3+. The van der Waals surface area contributed by atoms with Gasteiger partial charge in [0.25, 0.3) is 0 Å². The Balaban J connectivity index is 1.72. The van der Waals surface area contributed by atoms with Crippen molar-refractivity contribution in [2.75, 3.05) is 13.7 Å². The van der Waals surface area contributed by atoms with Crippen molar-refractivity contribution in [3.63, 3.8) is 0 Å². The third-order valence-corrected chi connectivity index (χ3v) is 5.54. The van der Waals surface area contributed by atoms with Crippen LogP contribution in [-0.4, -0.2) is 13.7 Å². The van der Waals surface area contributed by atoms with Gasteiger partial charge in [-0.15, -0.1) is 0 Å². The molecule has 2 rings (SSSR count). The zero-order valence-electron chi connectivity index (χ0n) is 12.9. The Morgan fingerprint density at radius 2 is 1.58 bits per heavy atom. The van der Waals surface area contributed by atoms with Gasteiger partial charge in [-0.25, -0.2) is 0 Å². The van der Waals surface area contributed by atoms with Gasteiger partial charge in [0.15, 0.2) is 0 Å². The number of ether oxygens (including phenoxy) is 1. The van der Waals surface area contributed by atoms with E-state index in [0.717, 1.165) is 30.3 Å². The fourth-order valence-corrected chi connectivity index (χ4v) is 4.39. The molecule has 1 nitrogen and oxygen atoms in total. The molecule has 0 amide bonds. The average molecular weight is 264 g/mol. The number of hydrogen-bond donors (Lipinski definition) is 0. The first-order valence-corrected chi connectivity index (χ1v) is 8.43. The van der Waals surface area contributed by atoms with Crippen LogP contribution in [0.5, 0.6) is 0 Å². The Hall–Kier alpha value is -0.300. The summed E-state index contributed by atoms with van der Waals surface area (Å²) in [4.78, 5) is 0. The van der Waals surface area contributed by atoms with Gasteiger partial charge in [-0.2, -0.15) is 0 Å². The Morgan fingerprint density at radius 1 is 0.947 bits per heavy atom. The van der Waals surface area contributed by atoms with E-state index in [9.17, 15) is 0 Å². The van der Waals surface area contributed by atoms with Crippen molar-refractivity contribution in [1.82, 2.24) is 0 Å². The van der Waals surface area contributed by atoms with E-state index in [2.05, 4.69) is 19.1 Å². The monoisotopic (exact) mass is 264 g/mol. The smallest absolute Gasteiger partial charge is 0.0464 e. The van der Waals surface area contributed by atoms with Gasteiger partial charge in [-0.1, -0.05) is 25.0 Å². The van der Waals surface area contributed by atoms with Gasteiger partial charge in [-0.3, -0.25) is 0 Å². The number of hydrogen-bond acceptors (Lipinski definition) is 1. The summed E-state index contributed by atoms with van der Waals surface area (Å²) < 4.78 is 5.25. The van der Waals surface area contributed by atoms with Crippen molar-refractivity contribution in [1.29, 1.82) is 0 Å². The van der Waals surface area contributed by atoms with Gasteiger partial charge < -0.3 is 4.74 Å². The Labute approximate surface area is 119 Å². The first kappa shape index (κ1) is 15.1. The highest BCUT2D eigenvalue weighted by Gasteiger charge is 2.34. The molecule has 0 radical (unpaired) electrons. The molecular weight excluding hydrogens is 232 g/mol. The summed E-state index contributed by atoms with van der Waals surface area (Å²) in [6, 6.07) is 0. The molecule has 0 N–H and O–H groups in total. The Bertz CT molecular complexity index is 271. The molecule has 0 aromatic rings. The third-order valence-electron chi connectivity index (χ3n) is 5.54. The second kappa shape index (κ2) is 8.09. The van der Waals surface area contributed by atoms with Crippen LogP contribution < -0.4 is 0 Å². The van der Waals surface area contributed by atoms with Crippen LogP contribution in [0, 0.1) is 23.7 Å². The van der Waals surface area contributed by atoms with Crippen molar-refractivity contribution in [2.24, 2.45) is 23.7 Å².